The van der Waals surface area contributed by atoms with E-state index in [2.05, 4.69) is 15.1 Å². The number of fused-ring (bicyclic) bond motifs is 1. The van der Waals surface area contributed by atoms with Gasteiger partial charge in [0, 0.05) is 12.1 Å². The molecule has 170 valence electrons. The summed E-state index contributed by atoms with van der Waals surface area (Å²) in [6, 6.07) is 22.3. The minimum absolute atomic E-state index is 0.275. The highest BCUT2D eigenvalue weighted by Gasteiger charge is 2.16. The number of para-hydroxylation sites is 1. The van der Waals surface area contributed by atoms with Crippen LogP contribution in [0.4, 0.5) is 0 Å². The van der Waals surface area contributed by atoms with Crippen LogP contribution >= 0.6 is 0 Å². The molecule has 2 heterocycles. The summed E-state index contributed by atoms with van der Waals surface area (Å²) in [6.45, 7) is 2.72. The van der Waals surface area contributed by atoms with Gasteiger partial charge in [-0.2, -0.15) is 4.98 Å². The summed E-state index contributed by atoms with van der Waals surface area (Å²) in [4.78, 5) is 32.9. The first-order valence-corrected chi connectivity index (χ1v) is 11.0. The van der Waals surface area contributed by atoms with Crippen molar-refractivity contribution < 1.29 is 9.26 Å². The molecule has 0 aliphatic heterocycles. The molecule has 0 saturated carbocycles. The van der Waals surface area contributed by atoms with E-state index in [0.717, 1.165) is 11.1 Å². The minimum Gasteiger partial charge on any atom is -0.493 e. The van der Waals surface area contributed by atoms with Gasteiger partial charge in [0.2, 0.25) is 5.82 Å². The van der Waals surface area contributed by atoms with Crippen LogP contribution in [0.5, 0.6) is 5.75 Å². The summed E-state index contributed by atoms with van der Waals surface area (Å²) in [7, 11) is 0. The van der Waals surface area contributed by atoms with Crippen LogP contribution < -0.4 is 16.0 Å². The fraction of sp³-hybridized carbons (Fsp3) is 0.154. The number of aromatic amines is 1. The summed E-state index contributed by atoms with van der Waals surface area (Å²) >= 11 is 0. The van der Waals surface area contributed by atoms with Crippen molar-refractivity contribution in [2.75, 3.05) is 6.61 Å². The van der Waals surface area contributed by atoms with E-state index < -0.39 is 5.69 Å². The van der Waals surface area contributed by atoms with E-state index in [1.807, 2.05) is 61.5 Å². The van der Waals surface area contributed by atoms with Gasteiger partial charge in [-0.05, 0) is 49.2 Å². The van der Waals surface area contributed by atoms with Crippen LogP contribution in [0.3, 0.4) is 0 Å². The van der Waals surface area contributed by atoms with Gasteiger partial charge in [0.15, 0.2) is 0 Å². The van der Waals surface area contributed by atoms with E-state index in [4.69, 9.17) is 9.26 Å². The second kappa shape index (κ2) is 9.19. The van der Waals surface area contributed by atoms with Gasteiger partial charge < -0.3 is 14.2 Å². The number of rotatable bonds is 7. The maximum Gasteiger partial charge on any atom is 0.328 e. The van der Waals surface area contributed by atoms with Gasteiger partial charge in [-0.25, -0.2) is 4.79 Å². The van der Waals surface area contributed by atoms with E-state index in [0.29, 0.717) is 47.6 Å². The Morgan fingerprint density at radius 3 is 2.62 bits per heavy atom. The van der Waals surface area contributed by atoms with Gasteiger partial charge in [-0.15, -0.1) is 0 Å². The van der Waals surface area contributed by atoms with Crippen molar-refractivity contribution in [2.45, 2.75) is 19.9 Å². The predicted molar refractivity (Wildman–Crippen MR) is 129 cm³/mol. The zero-order valence-electron chi connectivity index (χ0n) is 18.5. The fourth-order valence-corrected chi connectivity index (χ4v) is 3.86. The average molecular weight is 454 g/mol. The van der Waals surface area contributed by atoms with E-state index in [-0.39, 0.29) is 11.4 Å². The SMILES string of the molecule is CCOc1ccccc1-c1noc(-c2ccc3c(=O)n(CCc4ccccc4)c(=O)[nH]c3c2)n1. The van der Waals surface area contributed by atoms with Gasteiger partial charge in [-0.1, -0.05) is 47.6 Å². The molecule has 34 heavy (non-hydrogen) atoms. The number of nitrogens with one attached hydrogen (secondary N) is 1. The molecule has 0 aliphatic rings. The smallest absolute Gasteiger partial charge is 0.328 e. The van der Waals surface area contributed by atoms with Crippen LogP contribution in [0.2, 0.25) is 0 Å². The topological polar surface area (TPSA) is 103 Å². The van der Waals surface area contributed by atoms with Gasteiger partial charge in [0.05, 0.1) is 23.1 Å². The normalized spacial score (nSPS) is 11.1. The molecule has 0 saturated heterocycles. The summed E-state index contributed by atoms with van der Waals surface area (Å²) in [6.07, 6.45) is 0.585. The second-order valence-corrected chi connectivity index (χ2v) is 7.74. The van der Waals surface area contributed by atoms with Crippen LogP contribution in [-0.4, -0.2) is 26.3 Å². The molecular formula is C26H22N4O4. The van der Waals surface area contributed by atoms with Crippen LogP contribution in [0.15, 0.2) is 86.9 Å². The molecule has 1 N–H and O–H groups in total. The number of H-pyrrole nitrogens is 1. The van der Waals surface area contributed by atoms with Crippen molar-refractivity contribution >= 4 is 10.9 Å². The Labute approximate surface area is 194 Å². The fourth-order valence-electron chi connectivity index (χ4n) is 3.86. The van der Waals surface area contributed by atoms with Crippen molar-refractivity contribution in [1.29, 1.82) is 0 Å². The van der Waals surface area contributed by atoms with Crippen LogP contribution in [0.25, 0.3) is 33.7 Å². The summed E-state index contributed by atoms with van der Waals surface area (Å²) in [5.74, 6) is 1.33. The predicted octanol–water partition coefficient (Wildman–Crippen LogP) is 4.05. The molecule has 0 unspecified atom stereocenters. The number of aryl methyl sites for hydroxylation is 1. The van der Waals surface area contributed by atoms with E-state index in [1.165, 1.54) is 4.57 Å². The molecule has 5 rings (SSSR count). The molecule has 0 spiro atoms. The molecule has 0 fully saturated rings. The molecule has 0 amide bonds. The highest BCUT2D eigenvalue weighted by Crippen LogP contribution is 2.30. The lowest BCUT2D eigenvalue weighted by Crippen LogP contribution is -2.35. The Bertz CT molecular complexity index is 1570. The highest BCUT2D eigenvalue weighted by atomic mass is 16.5. The standard InChI is InChI=1S/C26H22N4O4/c1-2-33-22-11-7-6-10-20(22)23-28-24(34-29-23)18-12-13-19-21(16-18)27-26(32)30(25(19)31)15-14-17-8-4-3-5-9-17/h3-13,16H,2,14-15H2,1H3,(H,27,32). The van der Waals surface area contributed by atoms with Crippen molar-refractivity contribution in [3.8, 4) is 28.6 Å². The summed E-state index contributed by atoms with van der Waals surface area (Å²) < 4.78 is 12.3. The van der Waals surface area contributed by atoms with Crippen LogP contribution in [0, 0.1) is 0 Å². The second-order valence-electron chi connectivity index (χ2n) is 7.74. The summed E-state index contributed by atoms with van der Waals surface area (Å²) in [5, 5.41) is 4.50. The minimum atomic E-state index is -0.456. The van der Waals surface area contributed by atoms with Crippen LogP contribution in [-0.2, 0) is 13.0 Å². The third kappa shape index (κ3) is 4.13. The molecule has 5 aromatic rings. The molecule has 3 aromatic carbocycles. The molecule has 8 heteroatoms. The number of aromatic nitrogens is 4. The van der Waals surface area contributed by atoms with Crippen molar-refractivity contribution in [3.63, 3.8) is 0 Å². The van der Waals surface area contributed by atoms with Gasteiger partial charge in [0.1, 0.15) is 5.75 Å². The highest BCUT2D eigenvalue weighted by molar-refractivity contribution is 5.82. The molecule has 2 aromatic heterocycles. The monoisotopic (exact) mass is 454 g/mol. The van der Waals surface area contributed by atoms with Crippen molar-refractivity contribution in [1.82, 2.24) is 19.7 Å². The van der Waals surface area contributed by atoms with E-state index in [1.54, 1.807) is 18.2 Å². The Balaban J connectivity index is 1.46. The molecule has 0 aliphatic carbocycles. The first kappa shape index (κ1) is 21.4. The number of hydrogen-bond acceptors (Lipinski definition) is 6. The first-order chi connectivity index (χ1) is 16.6. The van der Waals surface area contributed by atoms with Gasteiger partial charge in [-0.3, -0.25) is 9.36 Å². The Morgan fingerprint density at radius 2 is 1.79 bits per heavy atom. The first-order valence-electron chi connectivity index (χ1n) is 11.0. The molecule has 0 atom stereocenters. The Kier molecular flexibility index (Phi) is 5.78. The van der Waals surface area contributed by atoms with Crippen LogP contribution in [0.1, 0.15) is 12.5 Å². The van der Waals surface area contributed by atoms with E-state index in [9.17, 15) is 9.59 Å². The maximum atomic E-state index is 13.0. The third-order valence-corrected chi connectivity index (χ3v) is 5.55. The number of benzene rings is 3. The largest absolute Gasteiger partial charge is 0.493 e. The lowest BCUT2D eigenvalue weighted by atomic mass is 10.1. The van der Waals surface area contributed by atoms with Gasteiger partial charge in [0.25, 0.3) is 11.4 Å². The molecule has 8 nitrogen and oxygen atoms in total. The summed E-state index contributed by atoms with van der Waals surface area (Å²) in [5.41, 5.74) is 1.99. The average Bonchev–Trinajstić information content (AvgIpc) is 3.35. The lowest BCUT2D eigenvalue weighted by molar-refractivity contribution is 0.341. The zero-order valence-corrected chi connectivity index (χ0v) is 18.5. The molecule has 0 radical (unpaired) electrons. The number of ether oxygens (including phenoxy) is 1. The van der Waals surface area contributed by atoms with E-state index >= 15 is 0 Å². The molecule has 0 bridgehead atoms. The Hall–Kier alpha value is -4.46. The third-order valence-electron chi connectivity index (χ3n) is 5.55. The molecular weight excluding hydrogens is 432 g/mol. The number of hydrogen-bond donors (Lipinski definition) is 1. The van der Waals surface area contributed by atoms with Crippen molar-refractivity contribution in [2.24, 2.45) is 0 Å². The number of nitrogens with zero attached hydrogens (tertiary/aromatic N) is 3. The van der Waals surface area contributed by atoms with Crippen molar-refractivity contribution in [3.05, 3.63) is 99.2 Å². The maximum absolute atomic E-state index is 13.0. The lowest BCUT2D eigenvalue weighted by Gasteiger charge is -2.07. The zero-order chi connectivity index (χ0) is 23.5. The Morgan fingerprint density at radius 1 is 1.00 bits per heavy atom. The quantitative estimate of drug-likeness (QED) is 0.398. The van der Waals surface area contributed by atoms with Gasteiger partial charge >= 0.3 is 5.69 Å².